The van der Waals surface area contributed by atoms with E-state index in [1.165, 1.54) is 12.5 Å². The zero-order valence-corrected chi connectivity index (χ0v) is 11.4. The van der Waals surface area contributed by atoms with Crippen molar-refractivity contribution < 1.29 is 9.50 Å². The number of rotatable bonds is 2. The Morgan fingerprint density at radius 1 is 1.29 bits per heavy atom. The largest absolute Gasteiger partial charge is 0.393 e. The van der Waals surface area contributed by atoms with Crippen LogP contribution in [0, 0.1) is 11.7 Å². The van der Waals surface area contributed by atoms with Gasteiger partial charge in [0.15, 0.2) is 0 Å². The van der Waals surface area contributed by atoms with E-state index in [0.29, 0.717) is 10.4 Å². The number of hydrogen-bond acceptors (Lipinski definition) is 1. The minimum absolute atomic E-state index is 0.171. The van der Waals surface area contributed by atoms with Gasteiger partial charge in [0.05, 0.1) is 10.6 Å². The Balaban J connectivity index is 2.06. The molecule has 2 rings (SSSR count). The summed E-state index contributed by atoms with van der Waals surface area (Å²) in [4.78, 5) is 0. The topological polar surface area (TPSA) is 20.2 Å². The molecule has 1 aliphatic carbocycles. The summed E-state index contributed by atoms with van der Waals surface area (Å²) >= 11 is 3.30. The molecule has 0 radical (unpaired) electrons. The van der Waals surface area contributed by atoms with Gasteiger partial charge in [0.2, 0.25) is 0 Å². The minimum atomic E-state index is -0.198. The van der Waals surface area contributed by atoms with Crippen LogP contribution in [0.3, 0.4) is 0 Å². The maximum Gasteiger partial charge on any atom is 0.137 e. The Morgan fingerprint density at radius 3 is 2.88 bits per heavy atom. The third-order valence-electron chi connectivity index (χ3n) is 3.55. The van der Waals surface area contributed by atoms with Gasteiger partial charge in [0, 0.05) is 0 Å². The molecule has 94 valence electrons. The molecule has 0 spiro atoms. The lowest BCUT2D eigenvalue weighted by atomic mass is 9.92. The second-order valence-corrected chi connectivity index (χ2v) is 5.75. The van der Waals surface area contributed by atoms with Gasteiger partial charge in [0.1, 0.15) is 5.82 Å². The Labute approximate surface area is 110 Å². The van der Waals surface area contributed by atoms with Gasteiger partial charge in [-0.3, -0.25) is 0 Å². The van der Waals surface area contributed by atoms with Gasteiger partial charge in [-0.1, -0.05) is 31.4 Å². The molecule has 1 saturated carbocycles. The first kappa shape index (κ1) is 13.0. The summed E-state index contributed by atoms with van der Waals surface area (Å²) in [7, 11) is 0. The zero-order chi connectivity index (χ0) is 12.3. The van der Waals surface area contributed by atoms with Crippen molar-refractivity contribution in [2.75, 3.05) is 0 Å². The van der Waals surface area contributed by atoms with Gasteiger partial charge < -0.3 is 5.11 Å². The Hall–Kier alpha value is -0.410. The lowest BCUT2D eigenvalue weighted by Gasteiger charge is -2.17. The van der Waals surface area contributed by atoms with Gasteiger partial charge in [-0.25, -0.2) is 4.39 Å². The molecular formula is C14H18BrFO. The second-order valence-electron chi connectivity index (χ2n) is 4.96. The molecule has 1 aromatic rings. The number of benzene rings is 1. The van der Waals surface area contributed by atoms with Crippen LogP contribution < -0.4 is 0 Å². The van der Waals surface area contributed by atoms with Gasteiger partial charge >= 0.3 is 0 Å². The van der Waals surface area contributed by atoms with Crippen LogP contribution in [0.25, 0.3) is 0 Å². The molecule has 2 unspecified atom stereocenters. The predicted octanol–water partition coefficient (Wildman–Crippen LogP) is 4.07. The highest BCUT2D eigenvalue weighted by molar-refractivity contribution is 9.10. The monoisotopic (exact) mass is 300 g/mol. The summed E-state index contributed by atoms with van der Waals surface area (Å²) in [5, 5.41) is 9.78. The number of halogens is 2. The van der Waals surface area contributed by atoms with Gasteiger partial charge in [0.25, 0.3) is 0 Å². The summed E-state index contributed by atoms with van der Waals surface area (Å²) in [6, 6.07) is 5.18. The van der Waals surface area contributed by atoms with Crippen molar-refractivity contribution in [3.8, 4) is 0 Å². The maximum absolute atomic E-state index is 13.4. The quantitative estimate of drug-likeness (QED) is 0.816. The minimum Gasteiger partial charge on any atom is -0.393 e. The number of aliphatic hydroxyl groups is 1. The summed E-state index contributed by atoms with van der Waals surface area (Å²) in [6.45, 7) is 0. The lowest BCUT2D eigenvalue weighted by Crippen LogP contribution is -2.13. The summed E-state index contributed by atoms with van der Waals surface area (Å²) < 4.78 is 14.0. The van der Waals surface area contributed by atoms with E-state index in [1.807, 2.05) is 6.07 Å². The molecule has 3 heteroatoms. The second kappa shape index (κ2) is 5.96. The van der Waals surface area contributed by atoms with E-state index in [9.17, 15) is 9.50 Å². The first-order valence-corrected chi connectivity index (χ1v) is 7.07. The molecule has 0 heterocycles. The summed E-state index contributed by atoms with van der Waals surface area (Å²) in [5.74, 6) is 0.280. The van der Waals surface area contributed by atoms with Crippen molar-refractivity contribution in [2.45, 2.75) is 44.6 Å². The third kappa shape index (κ3) is 3.52. The first-order chi connectivity index (χ1) is 8.16. The van der Waals surface area contributed by atoms with Crippen LogP contribution in [0.15, 0.2) is 22.7 Å². The molecule has 1 nitrogen and oxygen atoms in total. The Morgan fingerprint density at radius 2 is 2.06 bits per heavy atom. The highest BCUT2D eigenvalue weighted by Crippen LogP contribution is 2.29. The molecular weight excluding hydrogens is 283 g/mol. The SMILES string of the molecule is OC1CCCCC(Cc2cccc(F)c2Br)C1. The fraction of sp³-hybridized carbons (Fsp3) is 0.571. The van der Waals surface area contributed by atoms with Crippen LogP contribution in [0.5, 0.6) is 0 Å². The van der Waals surface area contributed by atoms with E-state index in [0.717, 1.165) is 37.7 Å². The average molecular weight is 301 g/mol. The molecule has 0 aromatic heterocycles. The molecule has 0 aliphatic heterocycles. The van der Waals surface area contributed by atoms with Crippen molar-refractivity contribution in [3.05, 3.63) is 34.1 Å². The first-order valence-electron chi connectivity index (χ1n) is 6.27. The fourth-order valence-electron chi connectivity index (χ4n) is 2.64. The van der Waals surface area contributed by atoms with Crippen molar-refractivity contribution >= 4 is 15.9 Å². The maximum atomic E-state index is 13.4. The van der Waals surface area contributed by atoms with E-state index in [4.69, 9.17) is 0 Å². The smallest absolute Gasteiger partial charge is 0.137 e. The highest BCUT2D eigenvalue weighted by atomic mass is 79.9. The molecule has 1 fully saturated rings. The van der Waals surface area contributed by atoms with Crippen LogP contribution in [-0.4, -0.2) is 11.2 Å². The zero-order valence-electron chi connectivity index (χ0n) is 9.83. The van der Waals surface area contributed by atoms with Crippen LogP contribution in [-0.2, 0) is 6.42 Å². The van der Waals surface area contributed by atoms with Crippen molar-refractivity contribution in [1.29, 1.82) is 0 Å². The van der Waals surface area contributed by atoms with E-state index in [2.05, 4.69) is 15.9 Å². The molecule has 17 heavy (non-hydrogen) atoms. The molecule has 0 saturated heterocycles. The lowest BCUT2D eigenvalue weighted by molar-refractivity contribution is 0.141. The molecule has 0 amide bonds. The highest BCUT2D eigenvalue weighted by Gasteiger charge is 2.20. The number of hydrogen-bond donors (Lipinski definition) is 1. The molecule has 1 aliphatic rings. The fourth-order valence-corrected chi connectivity index (χ4v) is 3.06. The van der Waals surface area contributed by atoms with Gasteiger partial charge in [-0.15, -0.1) is 0 Å². The van der Waals surface area contributed by atoms with Gasteiger partial charge in [-0.05, 0) is 52.7 Å². The molecule has 1 N–H and O–H groups in total. The van der Waals surface area contributed by atoms with E-state index in [-0.39, 0.29) is 11.9 Å². The Kier molecular flexibility index (Phi) is 4.57. The summed E-state index contributed by atoms with van der Waals surface area (Å²) in [6.07, 6.45) is 5.88. The third-order valence-corrected chi connectivity index (χ3v) is 4.43. The molecule has 0 bridgehead atoms. The van der Waals surface area contributed by atoms with Gasteiger partial charge in [-0.2, -0.15) is 0 Å². The van der Waals surface area contributed by atoms with Crippen molar-refractivity contribution in [3.63, 3.8) is 0 Å². The molecule has 1 aromatic carbocycles. The van der Waals surface area contributed by atoms with E-state index in [1.54, 1.807) is 6.07 Å². The summed E-state index contributed by atoms with van der Waals surface area (Å²) in [5.41, 5.74) is 1.02. The Bertz CT molecular complexity index is 380. The van der Waals surface area contributed by atoms with Crippen molar-refractivity contribution in [1.82, 2.24) is 0 Å². The van der Waals surface area contributed by atoms with Crippen LogP contribution in [0.4, 0.5) is 4.39 Å². The normalized spacial score (nSPS) is 25.6. The number of aliphatic hydroxyl groups excluding tert-OH is 1. The average Bonchev–Trinajstić information content (AvgIpc) is 2.49. The van der Waals surface area contributed by atoms with E-state index < -0.39 is 0 Å². The van der Waals surface area contributed by atoms with Crippen LogP contribution in [0.1, 0.15) is 37.7 Å². The van der Waals surface area contributed by atoms with Crippen molar-refractivity contribution in [2.24, 2.45) is 5.92 Å². The predicted molar refractivity (Wildman–Crippen MR) is 70.4 cm³/mol. The molecule has 2 atom stereocenters. The van der Waals surface area contributed by atoms with Crippen LogP contribution in [0.2, 0.25) is 0 Å². The standard InChI is InChI=1S/C14H18BrFO/c15-14-11(5-3-7-13(14)16)8-10-4-1-2-6-12(17)9-10/h3,5,7,10,12,17H,1-2,4,6,8-9H2. The van der Waals surface area contributed by atoms with Crippen LogP contribution >= 0.6 is 15.9 Å². The van der Waals surface area contributed by atoms with E-state index >= 15 is 0 Å².